The molecule has 98 valence electrons. The van der Waals surface area contributed by atoms with Gasteiger partial charge in [-0.25, -0.2) is 0 Å². The van der Waals surface area contributed by atoms with Crippen LogP contribution in [0, 0.1) is 12.3 Å². The average Bonchev–Trinajstić information content (AvgIpc) is 2.30. The highest BCUT2D eigenvalue weighted by Gasteiger charge is 2.37. The molecule has 3 N–H and O–H groups in total. The Bertz CT molecular complexity index is 450. The van der Waals surface area contributed by atoms with Crippen molar-refractivity contribution in [3.05, 3.63) is 28.2 Å². The van der Waals surface area contributed by atoms with Crippen molar-refractivity contribution in [2.75, 3.05) is 11.9 Å². The van der Waals surface area contributed by atoms with Gasteiger partial charge in [0, 0.05) is 10.9 Å². The van der Waals surface area contributed by atoms with E-state index in [-0.39, 0.29) is 11.3 Å². The van der Waals surface area contributed by atoms with Crippen molar-refractivity contribution in [1.82, 2.24) is 0 Å². The third kappa shape index (κ3) is 2.75. The van der Waals surface area contributed by atoms with Crippen LogP contribution in [0.3, 0.4) is 0 Å². The van der Waals surface area contributed by atoms with Crippen LogP contribution in [0.15, 0.2) is 22.7 Å². The van der Waals surface area contributed by atoms with Gasteiger partial charge in [-0.3, -0.25) is 4.79 Å². The number of benzene rings is 1. The summed E-state index contributed by atoms with van der Waals surface area (Å²) in [6.07, 6.45) is 3.88. The minimum absolute atomic E-state index is 0.0559. The summed E-state index contributed by atoms with van der Waals surface area (Å²) in [6, 6.07) is 5.86. The third-order valence-corrected chi connectivity index (χ3v) is 4.90. The van der Waals surface area contributed by atoms with Crippen LogP contribution in [-0.2, 0) is 4.79 Å². The van der Waals surface area contributed by atoms with Gasteiger partial charge in [0.25, 0.3) is 0 Å². The molecule has 0 unspecified atom stereocenters. The molecule has 1 aliphatic rings. The summed E-state index contributed by atoms with van der Waals surface area (Å²) in [5.74, 6) is 0.0615. The first kappa shape index (κ1) is 13.6. The number of hydrogen-bond acceptors (Lipinski definition) is 2. The van der Waals surface area contributed by atoms with E-state index < -0.39 is 0 Å². The molecule has 0 aliphatic heterocycles. The minimum Gasteiger partial charge on any atom is -0.330 e. The van der Waals surface area contributed by atoms with Gasteiger partial charge in [-0.15, -0.1) is 0 Å². The van der Waals surface area contributed by atoms with Crippen molar-refractivity contribution >= 4 is 27.5 Å². The molecule has 1 amide bonds. The first-order valence-electron chi connectivity index (χ1n) is 6.31. The molecule has 0 radical (unpaired) electrons. The summed E-state index contributed by atoms with van der Waals surface area (Å²) < 4.78 is 0.953. The van der Waals surface area contributed by atoms with Gasteiger partial charge in [-0.2, -0.15) is 0 Å². The Morgan fingerprint density at radius 1 is 1.50 bits per heavy atom. The predicted molar refractivity (Wildman–Crippen MR) is 77.5 cm³/mol. The maximum absolute atomic E-state index is 12.1. The molecule has 18 heavy (non-hydrogen) atoms. The number of halogens is 1. The van der Waals surface area contributed by atoms with E-state index in [1.807, 2.05) is 25.1 Å². The molecule has 1 aromatic rings. The summed E-state index contributed by atoms with van der Waals surface area (Å²) in [5.41, 5.74) is 7.79. The fourth-order valence-electron chi connectivity index (χ4n) is 2.41. The quantitative estimate of drug-likeness (QED) is 0.897. The first-order chi connectivity index (χ1) is 8.56. The number of amides is 1. The topological polar surface area (TPSA) is 55.1 Å². The largest absolute Gasteiger partial charge is 0.330 e. The first-order valence-corrected chi connectivity index (χ1v) is 7.11. The van der Waals surface area contributed by atoms with Crippen molar-refractivity contribution in [3.8, 4) is 0 Å². The van der Waals surface area contributed by atoms with E-state index in [4.69, 9.17) is 5.73 Å². The van der Waals surface area contributed by atoms with Crippen molar-refractivity contribution < 1.29 is 4.79 Å². The lowest BCUT2D eigenvalue weighted by Crippen LogP contribution is -2.40. The van der Waals surface area contributed by atoms with Gasteiger partial charge in [-0.05, 0) is 59.3 Å². The van der Waals surface area contributed by atoms with E-state index in [0.717, 1.165) is 28.6 Å². The van der Waals surface area contributed by atoms with Crippen molar-refractivity contribution in [1.29, 1.82) is 0 Å². The lowest BCUT2D eigenvalue weighted by molar-refractivity contribution is -0.119. The van der Waals surface area contributed by atoms with Crippen LogP contribution in [0.25, 0.3) is 0 Å². The van der Waals surface area contributed by atoms with Crippen LogP contribution in [0.2, 0.25) is 0 Å². The number of carbonyl (C=O) groups excluding carboxylic acids is 1. The number of rotatable bonds is 4. The molecule has 3 nitrogen and oxygen atoms in total. The van der Waals surface area contributed by atoms with Crippen LogP contribution in [-0.4, -0.2) is 12.5 Å². The normalized spacial score (nSPS) is 17.1. The van der Waals surface area contributed by atoms with Gasteiger partial charge in [-0.1, -0.05) is 18.6 Å². The van der Waals surface area contributed by atoms with Crippen molar-refractivity contribution in [2.24, 2.45) is 11.1 Å². The zero-order chi connectivity index (χ0) is 13.2. The van der Waals surface area contributed by atoms with E-state index in [1.54, 1.807) is 0 Å². The third-order valence-electron chi connectivity index (χ3n) is 3.85. The Kier molecular flexibility index (Phi) is 4.07. The second kappa shape index (κ2) is 5.41. The van der Waals surface area contributed by atoms with Gasteiger partial charge in [0.15, 0.2) is 0 Å². The zero-order valence-corrected chi connectivity index (χ0v) is 12.2. The fraction of sp³-hybridized carbons (Fsp3) is 0.500. The van der Waals surface area contributed by atoms with Gasteiger partial charge in [0.1, 0.15) is 0 Å². The Balaban J connectivity index is 2.01. The summed E-state index contributed by atoms with van der Waals surface area (Å²) in [6.45, 7) is 2.61. The maximum Gasteiger partial charge on any atom is 0.225 e. The summed E-state index contributed by atoms with van der Waals surface area (Å²) in [4.78, 5) is 12.1. The highest BCUT2D eigenvalue weighted by molar-refractivity contribution is 9.10. The van der Waals surface area contributed by atoms with E-state index >= 15 is 0 Å². The fourth-order valence-corrected chi connectivity index (χ4v) is 2.77. The molecular weight excluding hydrogens is 292 g/mol. The molecule has 1 saturated carbocycles. The maximum atomic E-state index is 12.1. The molecule has 0 saturated heterocycles. The molecule has 0 heterocycles. The average molecular weight is 311 g/mol. The number of nitrogens with one attached hydrogen (secondary N) is 1. The van der Waals surface area contributed by atoms with Crippen LogP contribution < -0.4 is 11.1 Å². The minimum atomic E-state index is 0.0559. The predicted octanol–water partition coefficient (Wildman–Crippen LogP) is 3.22. The smallest absolute Gasteiger partial charge is 0.225 e. The Morgan fingerprint density at radius 2 is 2.22 bits per heavy atom. The van der Waals surface area contributed by atoms with Gasteiger partial charge >= 0.3 is 0 Å². The van der Waals surface area contributed by atoms with E-state index in [2.05, 4.69) is 21.2 Å². The SMILES string of the molecule is Cc1cccc(NC(=O)CC2(CN)CCC2)c1Br. The molecule has 1 fully saturated rings. The summed E-state index contributed by atoms with van der Waals surface area (Å²) in [5, 5.41) is 2.97. The number of hydrogen-bond donors (Lipinski definition) is 2. The monoisotopic (exact) mass is 310 g/mol. The lowest BCUT2D eigenvalue weighted by Gasteiger charge is -2.40. The molecule has 2 rings (SSSR count). The Labute approximate surface area is 116 Å². The van der Waals surface area contributed by atoms with Crippen LogP contribution in [0.4, 0.5) is 5.69 Å². The summed E-state index contributed by atoms with van der Waals surface area (Å²) in [7, 11) is 0. The lowest BCUT2D eigenvalue weighted by atomic mass is 9.66. The molecule has 0 aromatic heterocycles. The Morgan fingerprint density at radius 3 is 2.78 bits per heavy atom. The number of carbonyl (C=O) groups is 1. The number of anilines is 1. The van der Waals surface area contributed by atoms with E-state index in [0.29, 0.717) is 13.0 Å². The van der Waals surface area contributed by atoms with Gasteiger partial charge < -0.3 is 11.1 Å². The molecular formula is C14H19BrN2O. The molecule has 1 aromatic carbocycles. The van der Waals surface area contributed by atoms with Crippen LogP contribution >= 0.6 is 15.9 Å². The second-order valence-electron chi connectivity index (χ2n) is 5.22. The van der Waals surface area contributed by atoms with Crippen molar-refractivity contribution in [3.63, 3.8) is 0 Å². The molecule has 0 atom stereocenters. The summed E-state index contributed by atoms with van der Waals surface area (Å²) >= 11 is 3.50. The van der Waals surface area contributed by atoms with Crippen LogP contribution in [0.5, 0.6) is 0 Å². The second-order valence-corrected chi connectivity index (χ2v) is 6.01. The molecule has 0 spiro atoms. The van der Waals surface area contributed by atoms with Gasteiger partial charge in [0.05, 0.1) is 5.69 Å². The molecule has 0 bridgehead atoms. The van der Waals surface area contributed by atoms with Crippen molar-refractivity contribution in [2.45, 2.75) is 32.6 Å². The van der Waals surface area contributed by atoms with Gasteiger partial charge in [0.2, 0.25) is 5.91 Å². The number of nitrogens with two attached hydrogens (primary N) is 1. The van der Waals surface area contributed by atoms with Crippen LogP contribution in [0.1, 0.15) is 31.2 Å². The Hall–Kier alpha value is -0.870. The standard InChI is InChI=1S/C14H19BrN2O/c1-10-4-2-5-11(13(10)15)17-12(18)8-14(9-16)6-3-7-14/h2,4-5H,3,6-9,16H2,1H3,(H,17,18). The number of aryl methyl sites for hydroxylation is 1. The van der Waals surface area contributed by atoms with E-state index in [1.165, 1.54) is 6.42 Å². The molecule has 1 aliphatic carbocycles. The zero-order valence-electron chi connectivity index (χ0n) is 10.6. The highest BCUT2D eigenvalue weighted by atomic mass is 79.9. The van der Waals surface area contributed by atoms with E-state index in [9.17, 15) is 4.79 Å². The highest BCUT2D eigenvalue weighted by Crippen LogP contribution is 2.43. The molecule has 4 heteroatoms.